The third-order valence-corrected chi connectivity index (χ3v) is 2.61. The quantitative estimate of drug-likeness (QED) is 0.366. The summed E-state index contributed by atoms with van der Waals surface area (Å²) in [6.45, 7) is 4.99. The number of carbonyl (C=O) groups is 1. The molecule has 0 aromatic carbocycles. The van der Waals surface area contributed by atoms with Crippen LogP contribution in [-0.4, -0.2) is 21.7 Å². The molecule has 0 saturated heterocycles. The first-order valence-corrected chi connectivity index (χ1v) is 5.90. The van der Waals surface area contributed by atoms with Crippen LogP contribution in [0.4, 0.5) is 5.82 Å². The molecule has 0 radical (unpaired) electrons. The average molecular weight is 267 g/mol. The first kappa shape index (κ1) is 14.0. The number of carbonyl (C=O) groups excluding carboxylic acids is 1. The molecule has 1 aromatic heterocycles. The number of aromatic nitrogens is 1. The summed E-state index contributed by atoms with van der Waals surface area (Å²) >= 11 is 1.03. The molecule has 0 saturated carbocycles. The topological polar surface area (TPSA) is 109 Å². The lowest BCUT2D eigenvalue weighted by Gasteiger charge is -2.19. The van der Waals surface area contributed by atoms with E-state index in [1.807, 2.05) is 0 Å². The molecule has 0 fully saturated rings. The number of ether oxygens (including phenoxy) is 1. The van der Waals surface area contributed by atoms with Crippen LogP contribution in [0.1, 0.15) is 25.6 Å². The first-order valence-electron chi connectivity index (χ1n) is 5.02. The summed E-state index contributed by atoms with van der Waals surface area (Å²) in [5, 5.41) is 18.8. The van der Waals surface area contributed by atoms with Crippen LogP contribution in [0, 0.1) is 11.3 Å². The smallest absolute Gasteiger partial charge is 0.353 e. The Morgan fingerprint density at radius 1 is 1.61 bits per heavy atom. The van der Waals surface area contributed by atoms with Gasteiger partial charge in [-0.15, -0.1) is 11.3 Å². The zero-order valence-corrected chi connectivity index (χ0v) is 11.0. The van der Waals surface area contributed by atoms with Crippen molar-refractivity contribution >= 4 is 28.9 Å². The minimum atomic E-state index is -0.893. The van der Waals surface area contributed by atoms with Gasteiger partial charge in [-0.3, -0.25) is 0 Å². The Morgan fingerprint density at radius 2 is 2.22 bits per heavy atom. The Kier molecular flexibility index (Phi) is 3.93. The maximum Gasteiger partial charge on any atom is 0.353 e. The summed E-state index contributed by atoms with van der Waals surface area (Å²) in [7, 11) is 0. The number of hydrogen-bond acceptors (Lipinski definition) is 7. The van der Waals surface area contributed by atoms with Gasteiger partial charge in [0.2, 0.25) is 0 Å². The van der Waals surface area contributed by atoms with Gasteiger partial charge in [-0.05, 0) is 20.8 Å². The third kappa shape index (κ3) is 3.21. The normalized spacial score (nSPS) is 12.6. The van der Waals surface area contributed by atoms with E-state index in [0.29, 0.717) is 0 Å². The van der Waals surface area contributed by atoms with Gasteiger partial charge in [0.25, 0.3) is 0 Å². The zero-order chi connectivity index (χ0) is 13.9. The number of rotatable bonds is 2. The molecule has 1 aromatic rings. The second-order valence-electron chi connectivity index (χ2n) is 4.40. The molecule has 1 rings (SSSR count). The van der Waals surface area contributed by atoms with E-state index in [4.69, 9.17) is 15.7 Å². The van der Waals surface area contributed by atoms with Crippen molar-refractivity contribution in [3.63, 3.8) is 0 Å². The van der Waals surface area contributed by atoms with Gasteiger partial charge in [0.15, 0.2) is 11.3 Å². The van der Waals surface area contributed by atoms with Crippen LogP contribution in [0.5, 0.6) is 0 Å². The molecule has 0 spiro atoms. The lowest BCUT2D eigenvalue weighted by molar-refractivity contribution is -0.149. The summed E-state index contributed by atoms with van der Waals surface area (Å²) < 4.78 is 5.01. The highest BCUT2D eigenvalue weighted by molar-refractivity contribution is 7.11. The molecule has 0 aliphatic rings. The third-order valence-electron chi connectivity index (χ3n) is 1.76. The Balaban J connectivity index is 3.14. The molecule has 0 aliphatic carbocycles. The molecule has 1 heterocycles. The maximum absolute atomic E-state index is 11.7. The number of hydrogen-bond donors (Lipinski definition) is 2. The van der Waals surface area contributed by atoms with Gasteiger partial charge < -0.3 is 15.6 Å². The van der Waals surface area contributed by atoms with Crippen molar-refractivity contribution in [2.75, 3.05) is 5.73 Å². The molecule has 18 heavy (non-hydrogen) atoms. The fraction of sp³-hybridized carbons (Fsp3) is 0.364. The van der Waals surface area contributed by atoms with E-state index in [2.05, 4.69) is 4.98 Å². The van der Waals surface area contributed by atoms with E-state index in [9.17, 15) is 9.90 Å². The van der Waals surface area contributed by atoms with Gasteiger partial charge in [-0.2, -0.15) is 5.26 Å². The second kappa shape index (κ2) is 5.06. The molecule has 3 N–H and O–H groups in total. The van der Waals surface area contributed by atoms with Crippen LogP contribution in [-0.2, 0) is 9.53 Å². The maximum atomic E-state index is 11.7. The Labute approximate surface area is 108 Å². The number of aliphatic hydroxyl groups is 1. The van der Waals surface area contributed by atoms with Crippen molar-refractivity contribution in [3.8, 4) is 6.07 Å². The molecule has 6 nitrogen and oxygen atoms in total. The highest BCUT2D eigenvalue weighted by Gasteiger charge is 2.25. The van der Waals surface area contributed by atoms with E-state index >= 15 is 0 Å². The van der Waals surface area contributed by atoms with Gasteiger partial charge in [0.05, 0.1) is 5.51 Å². The highest BCUT2D eigenvalue weighted by atomic mass is 32.1. The number of esters is 1. The molecule has 0 aliphatic heterocycles. The van der Waals surface area contributed by atoms with Crippen molar-refractivity contribution in [2.24, 2.45) is 0 Å². The summed E-state index contributed by atoms with van der Waals surface area (Å²) in [4.78, 5) is 15.6. The molecular formula is C11H13N3O3S. The van der Waals surface area contributed by atoms with Gasteiger partial charge in [0.1, 0.15) is 22.4 Å². The molecular weight excluding hydrogens is 254 g/mol. The summed E-state index contributed by atoms with van der Waals surface area (Å²) in [5.74, 6) is -1.34. The number of nitrogen functional groups attached to an aromatic ring is 1. The van der Waals surface area contributed by atoms with Crippen molar-refractivity contribution in [3.05, 3.63) is 16.0 Å². The molecule has 7 heteroatoms. The lowest BCUT2D eigenvalue weighted by atomic mass is 10.1. The Morgan fingerprint density at radius 3 is 2.61 bits per heavy atom. The second-order valence-corrected chi connectivity index (χ2v) is 5.26. The minimum Gasteiger partial charge on any atom is -0.505 e. The Bertz CT molecular complexity index is 534. The van der Waals surface area contributed by atoms with E-state index in [1.165, 1.54) is 5.51 Å². The fourth-order valence-corrected chi connectivity index (χ4v) is 1.73. The number of anilines is 1. The van der Waals surface area contributed by atoms with Crippen LogP contribution in [0.3, 0.4) is 0 Å². The number of thiazole rings is 1. The van der Waals surface area contributed by atoms with Crippen molar-refractivity contribution in [1.82, 2.24) is 4.98 Å². The van der Waals surface area contributed by atoms with E-state index in [0.717, 1.165) is 11.3 Å². The predicted octanol–water partition coefficient (Wildman–Crippen LogP) is 1.86. The predicted molar refractivity (Wildman–Crippen MR) is 67.5 cm³/mol. The average Bonchev–Trinajstić information content (AvgIpc) is 2.62. The lowest BCUT2D eigenvalue weighted by Crippen LogP contribution is -2.25. The van der Waals surface area contributed by atoms with Crippen molar-refractivity contribution in [1.29, 1.82) is 5.26 Å². The Hall–Kier alpha value is -2.07. The monoisotopic (exact) mass is 267 g/mol. The van der Waals surface area contributed by atoms with Crippen LogP contribution >= 0.6 is 11.3 Å². The zero-order valence-electron chi connectivity index (χ0n) is 10.2. The van der Waals surface area contributed by atoms with Gasteiger partial charge in [-0.25, -0.2) is 9.78 Å². The van der Waals surface area contributed by atoms with Gasteiger partial charge in [0, 0.05) is 0 Å². The van der Waals surface area contributed by atoms with Crippen LogP contribution in [0.25, 0.3) is 5.76 Å². The number of nitrogens with two attached hydrogens (primary N) is 1. The van der Waals surface area contributed by atoms with Crippen LogP contribution < -0.4 is 5.73 Å². The molecule has 0 unspecified atom stereocenters. The number of nitrogens with zero attached hydrogens (tertiary/aromatic N) is 2. The van der Waals surface area contributed by atoms with Crippen LogP contribution in [0.15, 0.2) is 11.1 Å². The summed E-state index contributed by atoms with van der Waals surface area (Å²) in [6.07, 6.45) is 0. The van der Waals surface area contributed by atoms with Crippen molar-refractivity contribution < 1.29 is 14.6 Å². The van der Waals surface area contributed by atoms with E-state index < -0.39 is 22.9 Å². The molecule has 96 valence electrons. The van der Waals surface area contributed by atoms with Crippen molar-refractivity contribution in [2.45, 2.75) is 26.4 Å². The molecule has 0 amide bonds. The van der Waals surface area contributed by atoms with Gasteiger partial charge >= 0.3 is 5.97 Å². The first-order chi connectivity index (χ1) is 8.26. The minimum absolute atomic E-state index is 0.0637. The van der Waals surface area contributed by atoms with E-state index in [-0.39, 0.29) is 10.7 Å². The summed E-state index contributed by atoms with van der Waals surface area (Å²) in [5.41, 5.74) is 5.68. The number of aliphatic hydroxyl groups excluding tert-OH is 1. The highest BCUT2D eigenvalue weighted by Crippen LogP contribution is 2.26. The standard InChI is InChI=1S/C11H13N3O3S/c1-11(2,3)17-10(16)6(4-12)7(15)8-9(13)14-5-18-8/h5,15H,13H2,1-3H3/b7-6-. The summed E-state index contributed by atoms with van der Waals surface area (Å²) in [6, 6.07) is 1.62. The number of nitriles is 1. The molecule has 0 bridgehead atoms. The molecule has 0 atom stereocenters. The van der Waals surface area contributed by atoms with Crippen LogP contribution in [0.2, 0.25) is 0 Å². The largest absolute Gasteiger partial charge is 0.505 e. The van der Waals surface area contributed by atoms with Gasteiger partial charge in [-0.1, -0.05) is 0 Å². The fourth-order valence-electron chi connectivity index (χ4n) is 1.07. The van der Waals surface area contributed by atoms with E-state index in [1.54, 1.807) is 26.8 Å². The SMILES string of the molecule is CC(C)(C)OC(=O)/C(C#N)=C(\O)c1scnc1N.